The Kier molecular flexibility index (Phi) is 9.98. The molecule has 0 saturated heterocycles. The summed E-state index contributed by atoms with van der Waals surface area (Å²) < 4.78 is 0. The number of nitrogens with two attached hydrogens (primary N) is 5. The van der Waals surface area contributed by atoms with Gasteiger partial charge in [-0.3, -0.25) is 25.2 Å². The van der Waals surface area contributed by atoms with Crippen molar-refractivity contribution in [3.05, 3.63) is 0 Å². The van der Waals surface area contributed by atoms with Crippen molar-refractivity contribution < 1.29 is 14.4 Å². The van der Waals surface area contributed by atoms with Crippen LogP contribution in [0.5, 0.6) is 0 Å². The van der Waals surface area contributed by atoms with Gasteiger partial charge in [0.2, 0.25) is 11.9 Å². The van der Waals surface area contributed by atoms with E-state index in [1.165, 1.54) is 4.90 Å². The van der Waals surface area contributed by atoms with Gasteiger partial charge in [-0.15, -0.1) is 0 Å². The zero-order valence-electron chi connectivity index (χ0n) is 17.4. The normalized spacial score (nSPS) is 19.3. The molecule has 12 N–H and O–H groups in total. The molecule has 0 aromatic heterocycles. The lowest BCUT2D eigenvalue weighted by atomic mass is 9.88. The summed E-state index contributed by atoms with van der Waals surface area (Å²) in [6, 6.07) is -1.25. The first-order chi connectivity index (χ1) is 14.1. The van der Waals surface area contributed by atoms with Crippen LogP contribution in [0.4, 0.5) is 4.79 Å². The Morgan fingerprint density at radius 2 is 2.00 bits per heavy atom. The standard InChI is InChI=1S/C17H34N10O3/c1-27(12(28)9-11(19)5-4-8-23-14(20)21)17(6-2-3-7-18)10-24-16(25-13(17)29)26-15(22)30/h11H,2-10,18-19H2,1H3,(H4,20,21,23)(H4,22,24,25,26,29,30)/t11-,17-/m1/s1. The van der Waals surface area contributed by atoms with E-state index in [4.69, 9.17) is 28.7 Å². The van der Waals surface area contributed by atoms with E-state index in [9.17, 15) is 14.4 Å². The van der Waals surface area contributed by atoms with Crippen LogP contribution >= 0.6 is 0 Å². The van der Waals surface area contributed by atoms with Gasteiger partial charge in [0.05, 0.1) is 6.54 Å². The molecular formula is C17H34N10O3. The molecule has 0 bridgehead atoms. The average molecular weight is 427 g/mol. The van der Waals surface area contributed by atoms with Crippen molar-refractivity contribution in [2.45, 2.75) is 50.1 Å². The van der Waals surface area contributed by atoms with Gasteiger partial charge in [0.25, 0.3) is 5.91 Å². The highest BCUT2D eigenvalue weighted by Crippen LogP contribution is 2.26. The number of nitrogens with zero attached hydrogens (tertiary/aromatic N) is 3. The van der Waals surface area contributed by atoms with Crippen LogP contribution in [0.2, 0.25) is 0 Å². The summed E-state index contributed by atoms with van der Waals surface area (Å²) in [5.74, 6) is -0.767. The van der Waals surface area contributed by atoms with E-state index in [1.807, 2.05) is 0 Å². The van der Waals surface area contributed by atoms with Gasteiger partial charge in [0, 0.05) is 26.1 Å². The van der Waals surface area contributed by atoms with Crippen LogP contribution < -0.4 is 39.3 Å². The molecule has 0 radical (unpaired) electrons. The van der Waals surface area contributed by atoms with E-state index in [0.717, 1.165) is 0 Å². The topological polar surface area (TPSA) is 233 Å². The van der Waals surface area contributed by atoms with Crippen molar-refractivity contribution in [3.8, 4) is 0 Å². The quantitative estimate of drug-likeness (QED) is 0.104. The molecule has 0 spiro atoms. The highest BCUT2D eigenvalue weighted by molar-refractivity contribution is 6.09. The molecule has 0 aliphatic carbocycles. The molecule has 1 aliphatic heterocycles. The van der Waals surface area contributed by atoms with Crippen molar-refractivity contribution in [3.63, 3.8) is 0 Å². The molecular weight excluding hydrogens is 392 g/mol. The summed E-state index contributed by atoms with van der Waals surface area (Å²) in [7, 11) is 1.55. The molecule has 30 heavy (non-hydrogen) atoms. The Hall–Kier alpha value is -2.93. The van der Waals surface area contributed by atoms with E-state index in [-0.39, 0.29) is 30.8 Å². The monoisotopic (exact) mass is 426 g/mol. The number of guanidine groups is 2. The Morgan fingerprint density at radius 3 is 2.57 bits per heavy atom. The van der Waals surface area contributed by atoms with Crippen LogP contribution in [0, 0.1) is 0 Å². The van der Waals surface area contributed by atoms with Gasteiger partial charge >= 0.3 is 6.03 Å². The minimum Gasteiger partial charge on any atom is -0.370 e. The van der Waals surface area contributed by atoms with Gasteiger partial charge in [-0.1, -0.05) is 0 Å². The number of hydrogen-bond acceptors (Lipinski definition) is 7. The highest BCUT2D eigenvalue weighted by Gasteiger charge is 2.46. The lowest BCUT2D eigenvalue weighted by Gasteiger charge is -2.42. The number of unbranched alkanes of at least 4 members (excludes halogenated alkanes) is 1. The Bertz CT molecular complexity index is 677. The Labute approximate surface area is 175 Å². The van der Waals surface area contributed by atoms with Crippen LogP contribution in [0.1, 0.15) is 38.5 Å². The average Bonchev–Trinajstić information content (AvgIpc) is 2.66. The first-order valence-corrected chi connectivity index (χ1v) is 9.82. The molecule has 170 valence electrons. The molecule has 2 atom stereocenters. The summed E-state index contributed by atoms with van der Waals surface area (Å²) in [4.78, 5) is 46.3. The van der Waals surface area contributed by atoms with Crippen molar-refractivity contribution in [2.75, 3.05) is 26.7 Å². The maximum atomic E-state index is 12.9. The molecule has 0 saturated carbocycles. The molecule has 0 aromatic carbocycles. The Balaban J connectivity index is 2.85. The fourth-order valence-corrected chi connectivity index (χ4v) is 3.18. The number of urea groups is 1. The number of rotatable bonds is 11. The second kappa shape index (κ2) is 11.9. The van der Waals surface area contributed by atoms with E-state index >= 15 is 0 Å². The lowest BCUT2D eigenvalue weighted by Crippen LogP contribution is -2.66. The van der Waals surface area contributed by atoms with Crippen LogP contribution in [0.3, 0.4) is 0 Å². The van der Waals surface area contributed by atoms with Gasteiger partial charge in [0.1, 0.15) is 5.54 Å². The molecule has 0 fully saturated rings. The van der Waals surface area contributed by atoms with Gasteiger partial charge in [0.15, 0.2) is 5.96 Å². The summed E-state index contributed by atoms with van der Waals surface area (Å²) in [5, 5.41) is 4.75. The summed E-state index contributed by atoms with van der Waals surface area (Å²) in [6.07, 6.45) is 2.92. The first kappa shape index (κ1) is 25.1. The maximum absolute atomic E-state index is 12.9. The number of aliphatic imine (C=N–C) groups is 2. The van der Waals surface area contributed by atoms with Crippen molar-refractivity contribution in [1.82, 2.24) is 15.5 Å². The SMILES string of the molecule is CN(C(=O)C[C@H](N)CCCN=C(N)N)[C@]1(CCCCN)CN=C(NC(N)=O)NC1=O. The van der Waals surface area contributed by atoms with Crippen molar-refractivity contribution >= 4 is 29.8 Å². The number of carbonyl (C=O) groups is 3. The van der Waals surface area contributed by atoms with Crippen LogP contribution in [0.25, 0.3) is 0 Å². The fourth-order valence-electron chi connectivity index (χ4n) is 3.18. The molecule has 0 aromatic rings. The molecule has 0 unspecified atom stereocenters. The van der Waals surface area contributed by atoms with Gasteiger partial charge in [-0.2, -0.15) is 0 Å². The molecule has 1 heterocycles. The predicted octanol–water partition coefficient (Wildman–Crippen LogP) is -2.76. The number of nitrogens with one attached hydrogen (secondary N) is 2. The molecule has 1 rings (SSSR count). The van der Waals surface area contributed by atoms with Crippen LogP contribution in [0.15, 0.2) is 9.98 Å². The van der Waals surface area contributed by atoms with Gasteiger partial charge in [-0.25, -0.2) is 9.79 Å². The third-order valence-corrected chi connectivity index (χ3v) is 4.92. The van der Waals surface area contributed by atoms with E-state index in [2.05, 4.69) is 20.6 Å². The number of amides is 4. The molecule has 4 amide bonds. The van der Waals surface area contributed by atoms with Gasteiger partial charge in [-0.05, 0) is 38.6 Å². The summed E-state index contributed by atoms with van der Waals surface area (Å²) >= 11 is 0. The largest absolute Gasteiger partial charge is 0.370 e. The van der Waals surface area contributed by atoms with Crippen LogP contribution in [-0.4, -0.2) is 72.9 Å². The number of hydrogen-bond donors (Lipinski definition) is 7. The van der Waals surface area contributed by atoms with Crippen molar-refractivity contribution in [1.29, 1.82) is 0 Å². The molecule has 13 nitrogen and oxygen atoms in total. The van der Waals surface area contributed by atoms with Gasteiger partial charge < -0.3 is 33.6 Å². The summed E-state index contributed by atoms with van der Waals surface area (Å²) in [6.45, 7) is 0.880. The number of primary amides is 1. The second-order valence-corrected chi connectivity index (χ2v) is 7.25. The third-order valence-electron chi connectivity index (χ3n) is 4.92. The predicted molar refractivity (Wildman–Crippen MR) is 114 cm³/mol. The van der Waals surface area contributed by atoms with E-state index in [0.29, 0.717) is 45.2 Å². The zero-order valence-corrected chi connectivity index (χ0v) is 17.4. The van der Waals surface area contributed by atoms with Crippen molar-refractivity contribution in [2.24, 2.45) is 38.7 Å². The van der Waals surface area contributed by atoms with Crippen LogP contribution in [-0.2, 0) is 9.59 Å². The third kappa shape index (κ3) is 7.48. The maximum Gasteiger partial charge on any atom is 0.318 e. The minimum atomic E-state index is -1.20. The zero-order chi connectivity index (χ0) is 22.7. The number of likely N-dealkylation sites (N-methyl/N-ethyl adjacent to an activating group) is 1. The molecule has 13 heteroatoms. The summed E-state index contributed by atoms with van der Waals surface area (Å²) in [5.41, 5.74) is 26.1. The second-order valence-electron chi connectivity index (χ2n) is 7.25. The van der Waals surface area contributed by atoms with E-state index < -0.39 is 23.5 Å². The lowest BCUT2D eigenvalue weighted by molar-refractivity contribution is -0.146. The minimum absolute atomic E-state index is 0.00728. The Morgan fingerprint density at radius 1 is 1.30 bits per heavy atom. The molecule has 1 aliphatic rings. The first-order valence-electron chi connectivity index (χ1n) is 9.82. The highest BCUT2D eigenvalue weighted by atomic mass is 16.2. The van der Waals surface area contributed by atoms with E-state index in [1.54, 1.807) is 7.05 Å². The smallest absolute Gasteiger partial charge is 0.318 e. The fraction of sp³-hybridized carbons (Fsp3) is 0.706. The number of carbonyl (C=O) groups excluding carboxylic acids is 3.